The lowest BCUT2D eigenvalue weighted by atomic mass is 9.81. The molecule has 0 aliphatic heterocycles. The van der Waals surface area contributed by atoms with Crippen LogP contribution >= 0.6 is 11.3 Å². The molecule has 0 radical (unpaired) electrons. The van der Waals surface area contributed by atoms with Crippen molar-refractivity contribution in [2.45, 2.75) is 19.3 Å². The van der Waals surface area contributed by atoms with E-state index in [1.807, 2.05) is 11.3 Å². The molecule has 0 saturated heterocycles. The fourth-order valence-electron chi connectivity index (χ4n) is 11.2. The van der Waals surface area contributed by atoms with Crippen molar-refractivity contribution in [3.05, 3.63) is 230 Å². The smallest absolute Gasteiger partial charge is 0.145 e. The third-order valence-electron chi connectivity index (χ3n) is 14.4. The van der Waals surface area contributed by atoms with Crippen molar-refractivity contribution >= 4 is 92.3 Å². The van der Waals surface area contributed by atoms with E-state index in [0.717, 1.165) is 55.8 Å². The maximum Gasteiger partial charge on any atom is 0.145 e. The zero-order chi connectivity index (χ0) is 44.4. The van der Waals surface area contributed by atoms with Crippen LogP contribution in [0, 0.1) is 0 Å². The molecule has 67 heavy (non-hydrogen) atoms. The molecule has 0 amide bonds. The van der Waals surface area contributed by atoms with Gasteiger partial charge in [0.25, 0.3) is 0 Å². The van der Waals surface area contributed by atoms with Gasteiger partial charge in [0.1, 0.15) is 11.2 Å². The highest BCUT2D eigenvalue weighted by molar-refractivity contribution is 7.25. The Kier molecular flexibility index (Phi) is 8.20. The highest BCUT2D eigenvalue weighted by Gasteiger charge is 2.35. The van der Waals surface area contributed by atoms with E-state index in [4.69, 9.17) is 4.42 Å². The van der Waals surface area contributed by atoms with E-state index in [1.165, 1.54) is 75.4 Å². The Morgan fingerprint density at radius 2 is 1.03 bits per heavy atom. The lowest BCUT2D eigenvalue weighted by Gasteiger charge is -2.27. The van der Waals surface area contributed by atoms with Gasteiger partial charge < -0.3 is 13.9 Å². The summed E-state index contributed by atoms with van der Waals surface area (Å²) in [5.74, 6) is 0. The Bertz CT molecular complexity index is 4080. The first kappa shape index (κ1) is 38.1. The molecule has 316 valence electrons. The van der Waals surface area contributed by atoms with Gasteiger partial charge in [-0.3, -0.25) is 0 Å². The first-order valence-corrected chi connectivity index (χ1v) is 23.9. The monoisotopic (exact) mass is 874 g/mol. The summed E-state index contributed by atoms with van der Waals surface area (Å²) in [7, 11) is 0. The number of benzene rings is 10. The van der Waals surface area contributed by atoms with Crippen molar-refractivity contribution in [3.8, 4) is 39.1 Å². The van der Waals surface area contributed by atoms with Crippen LogP contribution in [0.2, 0.25) is 0 Å². The molecule has 3 aromatic heterocycles. The number of nitrogens with zero attached hydrogens (tertiary/aromatic N) is 2. The molecular formula is C63H42N2OS. The number of para-hydroxylation sites is 3. The third-order valence-corrected chi connectivity index (χ3v) is 15.6. The van der Waals surface area contributed by atoms with E-state index in [9.17, 15) is 0 Å². The summed E-state index contributed by atoms with van der Waals surface area (Å²) in [4.78, 5) is 2.43. The fourth-order valence-corrected chi connectivity index (χ4v) is 12.3. The molecular weight excluding hydrogens is 833 g/mol. The Morgan fingerprint density at radius 3 is 1.82 bits per heavy atom. The summed E-state index contributed by atoms with van der Waals surface area (Å²) in [6.45, 7) is 4.70. The van der Waals surface area contributed by atoms with E-state index >= 15 is 0 Å². The van der Waals surface area contributed by atoms with Gasteiger partial charge in [-0.2, -0.15) is 0 Å². The first-order chi connectivity index (χ1) is 33.0. The number of hydrogen-bond acceptors (Lipinski definition) is 3. The van der Waals surface area contributed by atoms with E-state index in [2.05, 4.69) is 242 Å². The molecule has 10 aromatic carbocycles. The van der Waals surface area contributed by atoms with Crippen LogP contribution in [0.1, 0.15) is 25.0 Å². The van der Waals surface area contributed by atoms with Crippen LogP contribution in [-0.2, 0) is 5.41 Å². The van der Waals surface area contributed by atoms with Crippen LogP contribution in [0.15, 0.2) is 223 Å². The third kappa shape index (κ3) is 5.70. The topological polar surface area (TPSA) is 21.3 Å². The standard InChI is InChI=1S/C63H42N2OS/c1-63(2)53-18-8-3-13-46(53)47-33-27-41(37-54(47)63)39-23-28-42(29-24-39)64(44-32-36-60-52(38-44)50-16-7-12-22-59(50)67-60)57-35-34-45(62-61(57)51-17-6-11-21-58(51)66-62)40-25-30-43(31-26-40)65-55-19-9-4-14-48(55)49-15-5-10-20-56(49)65/h3-38H,1-2H3. The summed E-state index contributed by atoms with van der Waals surface area (Å²) in [6.07, 6.45) is 0. The van der Waals surface area contributed by atoms with Gasteiger partial charge in [-0.15, -0.1) is 11.3 Å². The van der Waals surface area contributed by atoms with Crippen molar-refractivity contribution in [1.82, 2.24) is 4.57 Å². The molecule has 0 N–H and O–H groups in total. The maximum absolute atomic E-state index is 6.96. The number of thiophene rings is 1. The molecule has 4 heteroatoms. The Morgan fingerprint density at radius 1 is 0.433 bits per heavy atom. The van der Waals surface area contributed by atoms with Crippen LogP contribution in [0.3, 0.4) is 0 Å². The normalized spacial score (nSPS) is 13.0. The predicted octanol–water partition coefficient (Wildman–Crippen LogP) is 18.2. The average Bonchev–Trinajstić information content (AvgIpc) is 4.11. The second-order valence-electron chi connectivity index (χ2n) is 18.4. The molecule has 3 heterocycles. The molecule has 13 aromatic rings. The second kappa shape index (κ2) is 14.4. The molecule has 3 nitrogen and oxygen atoms in total. The number of aromatic nitrogens is 1. The van der Waals surface area contributed by atoms with Crippen molar-refractivity contribution < 1.29 is 4.42 Å². The highest BCUT2D eigenvalue weighted by atomic mass is 32.1. The zero-order valence-corrected chi connectivity index (χ0v) is 37.8. The number of furan rings is 1. The lowest BCUT2D eigenvalue weighted by Crippen LogP contribution is -2.14. The highest BCUT2D eigenvalue weighted by Crippen LogP contribution is 2.51. The first-order valence-electron chi connectivity index (χ1n) is 23.1. The van der Waals surface area contributed by atoms with E-state index in [-0.39, 0.29) is 5.41 Å². The van der Waals surface area contributed by atoms with Gasteiger partial charge in [0.2, 0.25) is 0 Å². The molecule has 14 rings (SSSR count). The number of anilines is 3. The molecule has 0 fully saturated rings. The quantitative estimate of drug-likeness (QED) is 0.166. The average molecular weight is 875 g/mol. The summed E-state index contributed by atoms with van der Waals surface area (Å²) >= 11 is 1.85. The van der Waals surface area contributed by atoms with Crippen LogP contribution in [0.5, 0.6) is 0 Å². The second-order valence-corrected chi connectivity index (χ2v) is 19.5. The van der Waals surface area contributed by atoms with Crippen LogP contribution in [-0.4, -0.2) is 4.57 Å². The van der Waals surface area contributed by atoms with Gasteiger partial charge >= 0.3 is 0 Å². The van der Waals surface area contributed by atoms with Crippen molar-refractivity contribution in [2.24, 2.45) is 0 Å². The zero-order valence-electron chi connectivity index (χ0n) is 37.0. The summed E-state index contributed by atoms with van der Waals surface area (Å²) < 4.78 is 11.9. The molecule has 0 bridgehead atoms. The van der Waals surface area contributed by atoms with E-state index in [1.54, 1.807) is 0 Å². The Balaban J connectivity index is 0.928. The SMILES string of the molecule is CC1(C)c2ccccc2-c2ccc(-c3ccc(N(c4ccc5sc6ccccc6c5c4)c4ccc(-c5ccc(-n6c7ccccc7c7ccccc76)cc5)c5oc6ccccc6c45)cc3)cc21. The minimum absolute atomic E-state index is 0.0670. The van der Waals surface area contributed by atoms with Crippen molar-refractivity contribution in [2.75, 3.05) is 4.90 Å². The van der Waals surface area contributed by atoms with Crippen LogP contribution < -0.4 is 4.90 Å². The summed E-state index contributed by atoms with van der Waals surface area (Å²) in [6, 6.07) is 80.0. The van der Waals surface area contributed by atoms with E-state index in [0.29, 0.717) is 0 Å². The molecule has 0 spiro atoms. The van der Waals surface area contributed by atoms with Crippen LogP contribution in [0.25, 0.3) is 103 Å². The van der Waals surface area contributed by atoms with Gasteiger partial charge in [0.05, 0.1) is 22.1 Å². The number of rotatable bonds is 6. The molecule has 1 aliphatic carbocycles. The molecule has 0 atom stereocenters. The van der Waals surface area contributed by atoms with Gasteiger partial charge in [-0.05, 0) is 124 Å². The van der Waals surface area contributed by atoms with Crippen molar-refractivity contribution in [1.29, 1.82) is 0 Å². The molecule has 1 aliphatic rings. The summed E-state index contributed by atoms with van der Waals surface area (Å²) in [5.41, 5.74) is 18.4. The van der Waals surface area contributed by atoms with Gasteiger partial charge in [0, 0.05) is 64.4 Å². The minimum atomic E-state index is -0.0670. The van der Waals surface area contributed by atoms with E-state index < -0.39 is 0 Å². The lowest BCUT2D eigenvalue weighted by molar-refractivity contribution is 0.660. The number of hydrogen-bond donors (Lipinski definition) is 0. The molecule has 0 unspecified atom stereocenters. The van der Waals surface area contributed by atoms with Gasteiger partial charge in [0.15, 0.2) is 0 Å². The van der Waals surface area contributed by atoms with Crippen LogP contribution in [0.4, 0.5) is 17.1 Å². The fraction of sp³-hybridized carbons (Fsp3) is 0.0476. The van der Waals surface area contributed by atoms with Crippen molar-refractivity contribution in [3.63, 3.8) is 0 Å². The predicted molar refractivity (Wildman–Crippen MR) is 284 cm³/mol. The Labute approximate surface area is 392 Å². The summed E-state index contributed by atoms with van der Waals surface area (Å²) in [5, 5.41) is 7.22. The largest absolute Gasteiger partial charge is 0.455 e. The van der Waals surface area contributed by atoms with Gasteiger partial charge in [-0.25, -0.2) is 0 Å². The number of fused-ring (bicyclic) bond motifs is 12. The molecule has 0 saturated carbocycles. The maximum atomic E-state index is 6.96. The Hall–Kier alpha value is -8.18. The van der Waals surface area contributed by atoms with Gasteiger partial charge in [-0.1, -0.05) is 147 Å². The minimum Gasteiger partial charge on any atom is -0.455 e.